The molecule has 2 heterocycles. The summed E-state index contributed by atoms with van der Waals surface area (Å²) in [7, 11) is 0. The fourth-order valence-corrected chi connectivity index (χ4v) is 5.78. The molecule has 0 bridgehead atoms. The van der Waals surface area contributed by atoms with Crippen LogP contribution in [0.3, 0.4) is 0 Å². The van der Waals surface area contributed by atoms with Crippen molar-refractivity contribution in [3.63, 3.8) is 0 Å². The van der Waals surface area contributed by atoms with E-state index in [0.29, 0.717) is 46.9 Å². The van der Waals surface area contributed by atoms with E-state index in [4.69, 9.17) is 18.9 Å². The molecule has 10 nitrogen and oxygen atoms in total. The van der Waals surface area contributed by atoms with Crippen LogP contribution in [0, 0.1) is 11.3 Å². The minimum atomic E-state index is -1.81. The predicted octanol–water partition coefficient (Wildman–Crippen LogP) is 5.16. The van der Waals surface area contributed by atoms with Gasteiger partial charge in [-0.3, -0.25) is 9.59 Å². The zero-order chi connectivity index (χ0) is 30.5. The molecule has 1 aliphatic heterocycles. The molecule has 0 saturated carbocycles. The number of amides is 1. The predicted molar refractivity (Wildman–Crippen MR) is 156 cm³/mol. The summed E-state index contributed by atoms with van der Waals surface area (Å²) in [5.41, 5.74) is -0.936. The second-order valence-electron chi connectivity index (χ2n) is 10.9. The van der Waals surface area contributed by atoms with Gasteiger partial charge in [-0.2, -0.15) is 5.26 Å². The molecule has 1 aromatic heterocycles. The van der Waals surface area contributed by atoms with Gasteiger partial charge in [0, 0.05) is 19.4 Å². The number of likely N-dealkylation sites (tertiary alicyclic amines) is 1. The van der Waals surface area contributed by atoms with Gasteiger partial charge in [-0.15, -0.1) is 11.3 Å². The summed E-state index contributed by atoms with van der Waals surface area (Å²) in [6.45, 7) is 9.87. The molecule has 11 heteroatoms. The first-order valence-electron chi connectivity index (χ1n) is 13.9. The van der Waals surface area contributed by atoms with E-state index in [1.807, 2.05) is 20.8 Å². The van der Waals surface area contributed by atoms with Crippen molar-refractivity contribution in [2.75, 3.05) is 26.3 Å². The molecular formula is C31H35N3O7S. The van der Waals surface area contributed by atoms with E-state index in [1.165, 1.54) is 11.3 Å². The molecule has 4 rings (SSSR count). The lowest BCUT2D eigenvalue weighted by Crippen LogP contribution is -2.48. The number of esters is 2. The molecule has 42 heavy (non-hydrogen) atoms. The van der Waals surface area contributed by atoms with E-state index < -0.39 is 23.0 Å². The van der Waals surface area contributed by atoms with E-state index in [2.05, 4.69) is 11.1 Å². The third-order valence-corrected chi connectivity index (χ3v) is 7.71. The van der Waals surface area contributed by atoms with E-state index in [9.17, 15) is 19.6 Å². The number of benzene rings is 2. The van der Waals surface area contributed by atoms with Crippen LogP contribution in [0.4, 0.5) is 4.79 Å². The van der Waals surface area contributed by atoms with Crippen LogP contribution in [-0.4, -0.2) is 65.9 Å². The molecule has 0 aliphatic carbocycles. The Morgan fingerprint density at radius 3 is 2.31 bits per heavy atom. The minimum absolute atomic E-state index is 0.0718. The number of carbonyl (C=O) groups is 3. The maximum absolute atomic E-state index is 13.6. The van der Waals surface area contributed by atoms with Gasteiger partial charge in [0.2, 0.25) is 0 Å². The van der Waals surface area contributed by atoms with Crippen molar-refractivity contribution in [1.29, 1.82) is 5.26 Å². The first-order valence-corrected chi connectivity index (χ1v) is 14.7. The summed E-state index contributed by atoms with van der Waals surface area (Å²) in [5.74, 6) is -0.948. The molecule has 1 atom stereocenters. The molecular weight excluding hydrogens is 558 g/mol. The second kappa shape index (κ2) is 12.8. The van der Waals surface area contributed by atoms with Crippen LogP contribution in [0.1, 0.15) is 57.2 Å². The number of fused-ring (bicyclic) bond motifs is 1. The van der Waals surface area contributed by atoms with E-state index in [-0.39, 0.29) is 31.8 Å². The Labute approximate surface area is 249 Å². The Kier molecular flexibility index (Phi) is 9.36. The molecule has 3 aromatic rings. The maximum atomic E-state index is 13.6. The molecule has 0 N–H and O–H groups in total. The number of ether oxygens (including phenoxy) is 4. The number of thiazole rings is 1. The molecule has 0 spiro atoms. The fourth-order valence-electron chi connectivity index (χ4n) is 4.75. The highest BCUT2D eigenvalue weighted by Gasteiger charge is 2.51. The molecule has 1 aliphatic rings. The fraction of sp³-hybridized carbons (Fsp3) is 0.452. The number of carbonyl (C=O) groups excluding carboxylic acids is 3. The lowest BCUT2D eigenvalue weighted by Gasteiger charge is -2.29. The van der Waals surface area contributed by atoms with Gasteiger partial charge in [-0.1, -0.05) is 12.1 Å². The van der Waals surface area contributed by atoms with Crippen molar-refractivity contribution in [2.24, 2.45) is 0 Å². The van der Waals surface area contributed by atoms with Crippen LogP contribution in [-0.2, 0) is 35.6 Å². The third kappa shape index (κ3) is 6.82. The van der Waals surface area contributed by atoms with Crippen LogP contribution >= 0.6 is 11.3 Å². The van der Waals surface area contributed by atoms with Crippen LogP contribution in [0.2, 0.25) is 0 Å². The lowest BCUT2D eigenvalue weighted by atomic mass is 9.77. The molecule has 1 fully saturated rings. The normalized spacial score (nSPS) is 15.2. The zero-order valence-corrected chi connectivity index (χ0v) is 25.3. The van der Waals surface area contributed by atoms with Crippen molar-refractivity contribution >= 4 is 39.6 Å². The number of hydrogen-bond acceptors (Lipinski definition) is 10. The monoisotopic (exact) mass is 593 g/mol. The molecule has 2 aromatic carbocycles. The van der Waals surface area contributed by atoms with Gasteiger partial charge < -0.3 is 23.8 Å². The van der Waals surface area contributed by atoms with Gasteiger partial charge in [0.25, 0.3) is 0 Å². The number of rotatable bonds is 9. The van der Waals surface area contributed by atoms with Gasteiger partial charge in [-0.05, 0) is 70.5 Å². The number of aromatic nitrogens is 1. The van der Waals surface area contributed by atoms with Crippen LogP contribution in [0.15, 0.2) is 42.5 Å². The average molecular weight is 594 g/mol. The quantitative estimate of drug-likeness (QED) is 0.188. The highest BCUT2D eigenvalue weighted by Crippen LogP contribution is 2.36. The Balaban J connectivity index is 1.61. The molecule has 222 valence electrons. The zero-order valence-electron chi connectivity index (χ0n) is 24.5. The summed E-state index contributed by atoms with van der Waals surface area (Å²) in [6.07, 6.45) is -0.0537. The minimum Gasteiger partial charge on any atom is -0.489 e. The first kappa shape index (κ1) is 30.8. The summed E-state index contributed by atoms with van der Waals surface area (Å²) in [6, 6.07) is 14.0. The Bertz CT molecular complexity index is 1470. The van der Waals surface area contributed by atoms with Crippen molar-refractivity contribution in [3.05, 3.63) is 58.6 Å². The number of nitrogens with zero attached hydrogens (tertiary/aromatic N) is 3. The third-order valence-electron chi connectivity index (χ3n) is 6.67. The van der Waals surface area contributed by atoms with Crippen molar-refractivity contribution in [2.45, 2.75) is 64.6 Å². The number of hydrogen-bond donors (Lipinski definition) is 0. The van der Waals surface area contributed by atoms with Crippen LogP contribution in [0.5, 0.6) is 5.75 Å². The van der Waals surface area contributed by atoms with Crippen molar-refractivity contribution in [3.8, 4) is 11.8 Å². The number of nitriles is 1. The van der Waals surface area contributed by atoms with Gasteiger partial charge in [0.15, 0.2) is 5.41 Å². The highest BCUT2D eigenvalue weighted by molar-refractivity contribution is 7.18. The van der Waals surface area contributed by atoms with Gasteiger partial charge >= 0.3 is 18.0 Å². The van der Waals surface area contributed by atoms with Gasteiger partial charge in [-0.25, -0.2) is 9.78 Å². The van der Waals surface area contributed by atoms with Crippen molar-refractivity contribution < 1.29 is 33.3 Å². The summed E-state index contributed by atoms with van der Waals surface area (Å²) < 4.78 is 23.3. The molecule has 0 unspecified atom stereocenters. The summed E-state index contributed by atoms with van der Waals surface area (Å²) >= 11 is 1.34. The average Bonchev–Trinajstić information content (AvgIpc) is 3.57. The maximum Gasteiger partial charge on any atom is 0.410 e. The second-order valence-corrected chi connectivity index (χ2v) is 12.0. The van der Waals surface area contributed by atoms with Crippen LogP contribution < -0.4 is 4.74 Å². The van der Waals surface area contributed by atoms with Gasteiger partial charge in [0.05, 0.1) is 46.6 Å². The Morgan fingerprint density at radius 2 is 1.71 bits per heavy atom. The van der Waals surface area contributed by atoms with E-state index in [0.717, 1.165) is 4.70 Å². The lowest BCUT2D eigenvalue weighted by molar-refractivity contribution is -0.165. The van der Waals surface area contributed by atoms with Gasteiger partial charge in [0.1, 0.15) is 17.5 Å². The molecule has 1 saturated heterocycles. The van der Waals surface area contributed by atoms with Crippen LogP contribution in [0.25, 0.3) is 10.2 Å². The standard InChI is InChI=1S/C31H35N3O7S/c1-6-38-27(35)31(28(36)39-7-2,17-26-33-24-16-20(18-32)8-13-25(24)42-26)21-9-11-22(12-10-21)40-23-14-15-34(19-23)29(37)41-30(3,4)5/h8-13,16,23H,6-7,14-15,17,19H2,1-5H3/t23-/m0/s1. The smallest absolute Gasteiger partial charge is 0.410 e. The van der Waals surface area contributed by atoms with E-state index >= 15 is 0 Å². The van der Waals surface area contributed by atoms with Crippen molar-refractivity contribution in [1.82, 2.24) is 9.88 Å². The summed E-state index contributed by atoms with van der Waals surface area (Å²) in [4.78, 5) is 45.9. The first-order chi connectivity index (χ1) is 20.0. The highest BCUT2D eigenvalue weighted by atomic mass is 32.1. The topological polar surface area (TPSA) is 128 Å². The molecule has 0 radical (unpaired) electrons. The van der Waals surface area contributed by atoms with E-state index in [1.54, 1.807) is 61.2 Å². The summed E-state index contributed by atoms with van der Waals surface area (Å²) in [5, 5.41) is 9.79. The molecule has 1 amide bonds. The SMILES string of the molecule is CCOC(=O)C(Cc1nc2cc(C#N)ccc2s1)(C(=O)OCC)c1ccc(O[C@H]2CCN(C(=O)OC(C)(C)C)C2)cc1. The largest absolute Gasteiger partial charge is 0.489 e. The Morgan fingerprint density at radius 1 is 1.05 bits per heavy atom. The Hall–Kier alpha value is -4.17.